The molecule has 6 N–H and O–H groups in total. The van der Waals surface area contributed by atoms with E-state index in [2.05, 4.69) is 24.7 Å². The predicted octanol–water partition coefficient (Wildman–Crippen LogP) is -1.15. The second kappa shape index (κ2) is 7.86. The molecule has 1 aliphatic rings. The number of ether oxygens (including phenoxy) is 1. The number of aliphatic hydroxyl groups is 2. The maximum absolute atomic E-state index is 12.8. The zero-order valence-electron chi connectivity index (χ0n) is 16.9. The molecular formula is C19H19N7O6S. The molecule has 4 heterocycles. The fraction of sp³-hybridized carbons (Fsp3) is 0.263. The molecule has 14 heteroatoms. The smallest absolute Gasteiger partial charge is 0.246 e. The first-order chi connectivity index (χ1) is 15.8. The van der Waals surface area contributed by atoms with E-state index in [1.165, 1.54) is 23.3 Å². The Kier molecular flexibility index (Phi) is 5.10. The highest BCUT2D eigenvalue weighted by molar-refractivity contribution is 7.89. The van der Waals surface area contributed by atoms with Crippen LogP contribution in [0.15, 0.2) is 52.8 Å². The molecule has 172 valence electrons. The van der Waals surface area contributed by atoms with Gasteiger partial charge < -0.3 is 25.7 Å². The van der Waals surface area contributed by atoms with Crippen LogP contribution in [0.4, 0.5) is 5.82 Å². The minimum Gasteiger partial charge on any atom is -0.387 e. The topological polar surface area (TPSA) is 198 Å². The SMILES string of the molecule is Nc1ncnc2c1ncn2[C@@H]1O[C@H](CNS(=O)(=O)c2c[nH]c3ccccc3c2=O)[C@@H](O)[C@H]1O. The van der Waals surface area contributed by atoms with Crippen LogP contribution in [0.5, 0.6) is 0 Å². The number of nitrogens with one attached hydrogen (secondary N) is 2. The van der Waals surface area contributed by atoms with E-state index < -0.39 is 51.4 Å². The number of aromatic amines is 1. The average molecular weight is 473 g/mol. The number of imidazole rings is 1. The van der Waals surface area contributed by atoms with Crippen molar-refractivity contribution in [3.05, 3.63) is 53.3 Å². The highest BCUT2D eigenvalue weighted by atomic mass is 32.2. The maximum Gasteiger partial charge on any atom is 0.246 e. The minimum absolute atomic E-state index is 0.136. The summed E-state index contributed by atoms with van der Waals surface area (Å²) >= 11 is 0. The van der Waals surface area contributed by atoms with Crippen LogP contribution in [0.1, 0.15) is 6.23 Å². The standard InChI is InChI=1S/C19H19N7O6S/c20-17-13-18(23-7-22-17)26(8-24-13)19-16(29)15(28)11(32-19)5-25-33(30,31)12-6-21-10-4-2-1-3-9(10)14(12)27/h1-4,6-8,11,15-16,19,25,28-29H,5H2,(H,21,27)(H2,20,22,23)/t11-,15-,16-,19-/m1/s1. The third-order valence-electron chi connectivity index (χ3n) is 5.52. The van der Waals surface area contributed by atoms with Gasteiger partial charge in [0.25, 0.3) is 0 Å². The molecule has 0 bridgehead atoms. The molecule has 0 aliphatic carbocycles. The van der Waals surface area contributed by atoms with Gasteiger partial charge in [-0.15, -0.1) is 0 Å². The third kappa shape index (κ3) is 3.53. The fourth-order valence-corrected chi connectivity index (χ4v) is 4.91. The quantitative estimate of drug-likeness (QED) is 0.236. The molecule has 4 atom stereocenters. The Bertz CT molecular complexity index is 1520. The van der Waals surface area contributed by atoms with Crippen molar-refractivity contribution < 1.29 is 23.4 Å². The normalized spacial score (nSPS) is 23.5. The molecule has 0 spiro atoms. The Morgan fingerprint density at radius 2 is 1.97 bits per heavy atom. The summed E-state index contributed by atoms with van der Waals surface area (Å²) in [6.45, 7) is -0.396. The van der Waals surface area contributed by atoms with Crippen LogP contribution in [-0.4, -0.2) is 68.0 Å². The Labute approximate surface area is 185 Å². The van der Waals surface area contributed by atoms with E-state index in [-0.39, 0.29) is 16.9 Å². The number of pyridine rings is 1. The zero-order chi connectivity index (χ0) is 23.3. The van der Waals surface area contributed by atoms with Gasteiger partial charge in [0.05, 0.1) is 6.33 Å². The van der Waals surface area contributed by atoms with Crippen LogP contribution < -0.4 is 15.9 Å². The first kappa shape index (κ1) is 21.4. The van der Waals surface area contributed by atoms with Gasteiger partial charge in [0.15, 0.2) is 17.7 Å². The van der Waals surface area contributed by atoms with E-state index in [9.17, 15) is 23.4 Å². The largest absolute Gasteiger partial charge is 0.387 e. The summed E-state index contributed by atoms with van der Waals surface area (Å²) < 4.78 is 34.9. The molecule has 3 aromatic heterocycles. The van der Waals surface area contributed by atoms with Crippen molar-refractivity contribution in [3.63, 3.8) is 0 Å². The monoisotopic (exact) mass is 473 g/mol. The summed E-state index contributed by atoms with van der Waals surface area (Å²) in [5.41, 5.74) is 6.18. The van der Waals surface area contributed by atoms with Crippen LogP contribution in [0.2, 0.25) is 0 Å². The van der Waals surface area contributed by atoms with Crippen molar-refractivity contribution in [2.75, 3.05) is 12.3 Å². The lowest BCUT2D eigenvalue weighted by atomic mass is 10.1. The van der Waals surface area contributed by atoms with Crippen molar-refractivity contribution in [1.82, 2.24) is 29.2 Å². The van der Waals surface area contributed by atoms with Crippen LogP contribution in [0.3, 0.4) is 0 Å². The maximum atomic E-state index is 12.8. The van der Waals surface area contributed by atoms with Gasteiger partial charge in [-0.05, 0) is 12.1 Å². The number of hydrogen-bond donors (Lipinski definition) is 5. The van der Waals surface area contributed by atoms with E-state index in [0.29, 0.717) is 11.0 Å². The van der Waals surface area contributed by atoms with E-state index in [1.54, 1.807) is 18.2 Å². The van der Waals surface area contributed by atoms with Gasteiger partial charge >= 0.3 is 0 Å². The number of fused-ring (bicyclic) bond motifs is 2. The summed E-state index contributed by atoms with van der Waals surface area (Å²) in [5.74, 6) is 0.136. The van der Waals surface area contributed by atoms with E-state index in [1.807, 2.05) is 0 Å². The van der Waals surface area contributed by atoms with Gasteiger partial charge in [0.2, 0.25) is 15.5 Å². The predicted molar refractivity (Wildman–Crippen MR) is 115 cm³/mol. The fourth-order valence-electron chi connectivity index (χ4n) is 3.80. The van der Waals surface area contributed by atoms with E-state index in [0.717, 1.165) is 6.20 Å². The number of aliphatic hydroxyl groups excluding tert-OH is 2. The molecule has 1 aromatic carbocycles. The van der Waals surface area contributed by atoms with Gasteiger partial charge in [-0.25, -0.2) is 28.1 Å². The highest BCUT2D eigenvalue weighted by Gasteiger charge is 2.44. The van der Waals surface area contributed by atoms with Gasteiger partial charge in [0, 0.05) is 23.6 Å². The number of nitrogens with zero attached hydrogens (tertiary/aromatic N) is 4. The number of hydrogen-bond acceptors (Lipinski definition) is 10. The Morgan fingerprint density at radius 3 is 2.79 bits per heavy atom. The molecule has 0 radical (unpaired) electrons. The highest BCUT2D eigenvalue weighted by Crippen LogP contribution is 2.31. The number of nitrogen functional groups attached to an aromatic ring is 1. The summed E-state index contributed by atoms with van der Waals surface area (Å²) in [6.07, 6.45) is -1.38. The van der Waals surface area contributed by atoms with Crippen molar-refractivity contribution in [3.8, 4) is 0 Å². The van der Waals surface area contributed by atoms with Crippen molar-refractivity contribution in [1.29, 1.82) is 0 Å². The van der Waals surface area contributed by atoms with Crippen molar-refractivity contribution >= 4 is 37.9 Å². The number of para-hydroxylation sites is 1. The lowest BCUT2D eigenvalue weighted by Crippen LogP contribution is -2.40. The summed E-state index contributed by atoms with van der Waals surface area (Å²) in [7, 11) is -4.25. The van der Waals surface area contributed by atoms with Crippen molar-refractivity contribution in [2.24, 2.45) is 0 Å². The average Bonchev–Trinajstić information content (AvgIpc) is 3.35. The molecule has 0 amide bonds. The van der Waals surface area contributed by atoms with Crippen LogP contribution in [-0.2, 0) is 14.8 Å². The number of nitrogens with two attached hydrogens (primary N) is 1. The summed E-state index contributed by atoms with van der Waals surface area (Å²) in [4.78, 5) is 27.0. The van der Waals surface area contributed by atoms with Crippen LogP contribution >= 0.6 is 0 Å². The van der Waals surface area contributed by atoms with Gasteiger partial charge in [-0.3, -0.25) is 9.36 Å². The van der Waals surface area contributed by atoms with E-state index >= 15 is 0 Å². The third-order valence-corrected chi connectivity index (χ3v) is 6.95. The molecule has 13 nitrogen and oxygen atoms in total. The lowest BCUT2D eigenvalue weighted by Gasteiger charge is -2.16. The number of sulfonamides is 1. The van der Waals surface area contributed by atoms with Crippen molar-refractivity contribution in [2.45, 2.75) is 29.4 Å². The van der Waals surface area contributed by atoms with Crippen LogP contribution in [0, 0.1) is 0 Å². The first-order valence-corrected chi connectivity index (χ1v) is 11.3. The van der Waals surface area contributed by atoms with Gasteiger partial charge in [-0.1, -0.05) is 12.1 Å². The second-order valence-corrected chi connectivity index (χ2v) is 9.24. The molecule has 1 saturated heterocycles. The Balaban J connectivity index is 1.37. The number of H-pyrrole nitrogens is 1. The summed E-state index contributed by atoms with van der Waals surface area (Å²) in [5, 5.41) is 21.2. The molecule has 1 aliphatic heterocycles. The number of anilines is 1. The van der Waals surface area contributed by atoms with Gasteiger partial charge in [-0.2, -0.15) is 0 Å². The molecule has 0 saturated carbocycles. The Hall–Kier alpha value is -3.43. The molecule has 4 aromatic rings. The molecule has 0 unspecified atom stereocenters. The minimum atomic E-state index is -4.25. The summed E-state index contributed by atoms with van der Waals surface area (Å²) in [6, 6.07) is 6.52. The zero-order valence-corrected chi connectivity index (χ0v) is 17.7. The number of benzene rings is 1. The van der Waals surface area contributed by atoms with E-state index in [4.69, 9.17) is 10.5 Å². The second-order valence-electron chi connectivity index (χ2n) is 7.51. The lowest BCUT2D eigenvalue weighted by molar-refractivity contribution is -0.0330. The molecule has 33 heavy (non-hydrogen) atoms. The first-order valence-electron chi connectivity index (χ1n) is 9.82. The van der Waals surface area contributed by atoms with Crippen LogP contribution in [0.25, 0.3) is 22.1 Å². The Morgan fingerprint density at radius 1 is 1.18 bits per heavy atom. The molecule has 5 rings (SSSR count). The number of aromatic nitrogens is 5. The molecule has 1 fully saturated rings. The molecular weight excluding hydrogens is 454 g/mol. The van der Waals surface area contributed by atoms with Gasteiger partial charge in [0.1, 0.15) is 35.1 Å². The number of rotatable bonds is 5.